The van der Waals surface area contributed by atoms with E-state index in [0.717, 1.165) is 6.20 Å². The monoisotopic (exact) mass is 191 g/mol. The van der Waals surface area contributed by atoms with Crippen molar-refractivity contribution in [2.75, 3.05) is 7.11 Å². The maximum atomic E-state index is 12.2. The molecule has 0 atom stereocenters. The van der Waals surface area contributed by atoms with E-state index in [0.29, 0.717) is 5.69 Å². The summed E-state index contributed by atoms with van der Waals surface area (Å²) in [5, 5.41) is 0. The van der Waals surface area contributed by atoms with Gasteiger partial charge in [0.1, 0.15) is 11.3 Å². The van der Waals surface area contributed by atoms with Crippen LogP contribution in [0.15, 0.2) is 12.3 Å². The molecule has 0 radical (unpaired) electrons. The first-order chi connectivity index (χ1) is 5.95. The number of hydrogen-bond donors (Lipinski definition) is 0. The largest absolute Gasteiger partial charge is 0.496 e. The van der Waals surface area contributed by atoms with Gasteiger partial charge >= 0.3 is 6.18 Å². The third-order valence-electron chi connectivity index (χ3n) is 1.53. The maximum absolute atomic E-state index is 12.2. The molecule has 0 fully saturated rings. The van der Waals surface area contributed by atoms with Crippen molar-refractivity contribution < 1.29 is 17.9 Å². The molecule has 72 valence electrons. The number of hydrogen-bond acceptors (Lipinski definition) is 2. The Morgan fingerprint density at radius 1 is 1.38 bits per heavy atom. The number of aromatic nitrogens is 1. The molecule has 0 bridgehead atoms. The number of rotatable bonds is 1. The first-order valence-corrected chi connectivity index (χ1v) is 3.53. The molecule has 13 heavy (non-hydrogen) atoms. The summed E-state index contributed by atoms with van der Waals surface area (Å²) in [6.45, 7) is 1.60. The first kappa shape index (κ1) is 9.83. The Morgan fingerprint density at radius 3 is 2.46 bits per heavy atom. The quantitative estimate of drug-likeness (QED) is 0.680. The van der Waals surface area contributed by atoms with E-state index in [1.165, 1.54) is 13.2 Å². The maximum Gasteiger partial charge on any atom is 0.421 e. The zero-order valence-electron chi connectivity index (χ0n) is 7.14. The Kier molecular flexibility index (Phi) is 2.45. The highest BCUT2D eigenvalue weighted by Crippen LogP contribution is 2.35. The van der Waals surface area contributed by atoms with Crippen molar-refractivity contribution >= 4 is 0 Å². The topological polar surface area (TPSA) is 22.1 Å². The van der Waals surface area contributed by atoms with E-state index in [1.54, 1.807) is 6.92 Å². The van der Waals surface area contributed by atoms with Crippen molar-refractivity contribution in [1.82, 2.24) is 4.98 Å². The minimum absolute atomic E-state index is 0.194. The van der Waals surface area contributed by atoms with Crippen molar-refractivity contribution in [2.24, 2.45) is 0 Å². The van der Waals surface area contributed by atoms with Crippen molar-refractivity contribution in [3.63, 3.8) is 0 Å². The normalized spacial score (nSPS) is 11.5. The molecule has 1 aromatic rings. The fraction of sp³-hybridized carbons (Fsp3) is 0.375. The molecule has 0 amide bonds. The number of halogens is 3. The fourth-order valence-corrected chi connectivity index (χ4v) is 0.916. The van der Waals surface area contributed by atoms with E-state index < -0.39 is 11.7 Å². The van der Waals surface area contributed by atoms with Crippen LogP contribution in [-0.2, 0) is 6.18 Å². The zero-order valence-corrected chi connectivity index (χ0v) is 7.14. The van der Waals surface area contributed by atoms with Crippen LogP contribution in [0.5, 0.6) is 5.75 Å². The predicted molar refractivity (Wildman–Crippen MR) is 40.5 cm³/mol. The second kappa shape index (κ2) is 3.24. The Morgan fingerprint density at radius 2 is 2.00 bits per heavy atom. The lowest BCUT2D eigenvalue weighted by Gasteiger charge is -2.11. The van der Waals surface area contributed by atoms with Crippen LogP contribution in [-0.4, -0.2) is 12.1 Å². The highest BCUT2D eigenvalue weighted by molar-refractivity contribution is 5.34. The van der Waals surface area contributed by atoms with Gasteiger partial charge in [0.2, 0.25) is 0 Å². The van der Waals surface area contributed by atoms with Crippen LogP contribution in [0.1, 0.15) is 11.3 Å². The Bertz CT molecular complexity index is 309. The average molecular weight is 191 g/mol. The van der Waals surface area contributed by atoms with Gasteiger partial charge in [-0.1, -0.05) is 0 Å². The first-order valence-electron chi connectivity index (χ1n) is 3.53. The molecule has 0 N–H and O–H groups in total. The molecule has 0 aromatic carbocycles. The molecule has 5 heteroatoms. The van der Waals surface area contributed by atoms with Gasteiger partial charge in [-0.25, -0.2) is 0 Å². The molecular weight excluding hydrogens is 183 g/mol. The van der Waals surface area contributed by atoms with Gasteiger partial charge in [0.25, 0.3) is 0 Å². The van der Waals surface area contributed by atoms with E-state index in [4.69, 9.17) is 0 Å². The average Bonchev–Trinajstić information content (AvgIpc) is 2.01. The van der Waals surface area contributed by atoms with Crippen LogP contribution in [0, 0.1) is 6.92 Å². The highest BCUT2D eigenvalue weighted by Gasteiger charge is 2.34. The molecule has 0 unspecified atom stereocenters. The number of ether oxygens (including phenoxy) is 1. The van der Waals surface area contributed by atoms with Gasteiger partial charge < -0.3 is 4.74 Å². The van der Waals surface area contributed by atoms with E-state index >= 15 is 0 Å². The lowest BCUT2D eigenvalue weighted by Crippen LogP contribution is -2.08. The summed E-state index contributed by atoms with van der Waals surface area (Å²) >= 11 is 0. The number of aryl methyl sites for hydroxylation is 1. The Balaban J connectivity index is 3.22. The molecule has 1 heterocycles. The molecule has 0 saturated carbocycles. The summed E-state index contributed by atoms with van der Waals surface area (Å²) in [6, 6.07) is 1.25. The van der Waals surface area contributed by atoms with Gasteiger partial charge in [0, 0.05) is 18.0 Å². The van der Waals surface area contributed by atoms with E-state index in [1.807, 2.05) is 0 Å². The number of alkyl halides is 3. The van der Waals surface area contributed by atoms with E-state index in [9.17, 15) is 13.2 Å². The number of methoxy groups -OCH3 is 1. The molecule has 2 nitrogen and oxygen atoms in total. The third kappa shape index (κ3) is 2.11. The number of nitrogens with zero attached hydrogens (tertiary/aromatic N) is 1. The van der Waals surface area contributed by atoms with Crippen molar-refractivity contribution in [1.29, 1.82) is 0 Å². The number of pyridine rings is 1. The molecule has 0 aliphatic heterocycles. The summed E-state index contributed by atoms with van der Waals surface area (Å²) in [7, 11) is 1.20. The lowest BCUT2D eigenvalue weighted by atomic mass is 10.2. The SMILES string of the molecule is COc1cc(C)ncc1C(F)(F)F. The van der Waals surface area contributed by atoms with Crippen LogP contribution >= 0.6 is 0 Å². The second-order valence-electron chi connectivity index (χ2n) is 2.52. The van der Waals surface area contributed by atoms with Gasteiger partial charge in [-0.3, -0.25) is 4.98 Å². The molecule has 0 aliphatic rings. The minimum atomic E-state index is -4.41. The van der Waals surface area contributed by atoms with Crippen molar-refractivity contribution in [3.05, 3.63) is 23.5 Å². The molecule has 1 aromatic heterocycles. The summed E-state index contributed by atoms with van der Waals surface area (Å²) in [5.41, 5.74) is -0.356. The standard InChI is InChI=1S/C8H8F3NO/c1-5-3-7(13-2)6(4-12-5)8(9,10)11/h3-4H,1-2H3. The molecule has 1 rings (SSSR count). The summed E-state index contributed by atoms with van der Waals surface area (Å²) in [4.78, 5) is 3.55. The summed E-state index contributed by atoms with van der Waals surface area (Å²) in [6.07, 6.45) is -3.64. The van der Waals surface area contributed by atoms with Gasteiger partial charge in [-0.2, -0.15) is 13.2 Å². The molecule has 0 spiro atoms. The van der Waals surface area contributed by atoms with Gasteiger partial charge in [0.15, 0.2) is 0 Å². The van der Waals surface area contributed by atoms with Crippen LogP contribution in [0.4, 0.5) is 13.2 Å². The fourth-order valence-electron chi connectivity index (χ4n) is 0.916. The smallest absolute Gasteiger partial charge is 0.421 e. The van der Waals surface area contributed by atoms with Gasteiger partial charge in [0.05, 0.1) is 7.11 Å². The highest BCUT2D eigenvalue weighted by atomic mass is 19.4. The Labute approximate surface area is 73.4 Å². The zero-order chi connectivity index (χ0) is 10.1. The second-order valence-corrected chi connectivity index (χ2v) is 2.52. The van der Waals surface area contributed by atoms with Gasteiger partial charge in [-0.15, -0.1) is 0 Å². The summed E-state index contributed by atoms with van der Waals surface area (Å²) < 4.78 is 41.3. The van der Waals surface area contributed by atoms with E-state index in [-0.39, 0.29) is 5.75 Å². The Hall–Kier alpha value is -1.26. The van der Waals surface area contributed by atoms with Crippen LogP contribution in [0.25, 0.3) is 0 Å². The van der Waals surface area contributed by atoms with Crippen molar-refractivity contribution in [2.45, 2.75) is 13.1 Å². The molecular formula is C8H8F3NO. The van der Waals surface area contributed by atoms with E-state index in [2.05, 4.69) is 9.72 Å². The minimum Gasteiger partial charge on any atom is -0.496 e. The molecule has 0 saturated heterocycles. The third-order valence-corrected chi connectivity index (χ3v) is 1.53. The predicted octanol–water partition coefficient (Wildman–Crippen LogP) is 2.42. The van der Waals surface area contributed by atoms with Crippen LogP contribution < -0.4 is 4.74 Å². The van der Waals surface area contributed by atoms with Crippen LogP contribution in [0.3, 0.4) is 0 Å². The molecule has 0 aliphatic carbocycles. The van der Waals surface area contributed by atoms with Crippen LogP contribution in [0.2, 0.25) is 0 Å². The van der Waals surface area contributed by atoms with Crippen molar-refractivity contribution in [3.8, 4) is 5.75 Å². The van der Waals surface area contributed by atoms with Gasteiger partial charge in [-0.05, 0) is 6.92 Å². The lowest BCUT2D eigenvalue weighted by molar-refractivity contribution is -0.139. The summed E-state index contributed by atoms with van der Waals surface area (Å²) in [5.74, 6) is -0.194.